The van der Waals surface area contributed by atoms with Crippen molar-refractivity contribution in [3.05, 3.63) is 0 Å². The highest BCUT2D eigenvalue weighted by Gasteiger charge is 2.54. The molecule has 0 aromatic rings. The lowest BCUT2D eigenvalue weighted by molar-refractivity contribution is -0.177. The number of esters is 1. The van der Waals surface area contributed by atoms with Gasteiger partial charge in [0.15, 0.2) is 0 Å². The summed E-state index contributed by atoms with van der Waals surface area (Å²) in [6, 6.07) is 0.147. The molecule has 94 valence electrons. The van der Waals surface area contributed by atoms with Gasteiger partial charge in [-0.3, -0.25) is 4.79 Å². The van der Waals surface area contributed by atoms with E-state index in [1.54, 1.807) is 0 Å². The zero-order valence-electron chi connectivity index (χ0n) is 11.3. The molecule has 2 N–H and O–H groups in total. The molecule has 3 nitrogen and oxygen atoms in total. The molecule has 0 spiro atoms. The van der Waals surface area contributed by atoms with Crippen LogP contribution in [0.5, 0.6) is 0 Å². The Labute approximate surface area is 98.7 Å². The third-order valence-electron chi connectivity index (χ3n) is 3.67. The highest BCUT2D eigenvalue weighted by Crippen LogP contribution is 2.53. The van der Waals surface area contributed by atoms with Gasteiger partial charge in [-0.05, 0) is 45.4 Å². The maximum Gasteiger partial charge on any atom is 0.310 e. The van der Waals surface area contributed by atoms with Crippen molar-refractivity contribution in [1.29, 1.82) is 0 Å². The van der Waals surface area contributed by atoms with Crippen LogP contribution in [-0.4, -0.2) is 17.6 Å². The Hall–Kier alpha value is -0.570. The van der Waals surface area contributed by atoms with E-state index < -0.39 is 5.60 Å². The lowest BCUT2D eigenvalue weighted by Crippen LogP contribution is -2.56. The first-order valence-corrected chi connectivity index (χ1v) is 6.04. The molecule has 3 heteroatoms. The fourth-order valence-corrected chi connectivity index (χ4v) is 2.62. The minimum atomic E-state index is -0.396. The molecule has 0 bridgehead atoms. The summed E-state index contributed by atoms with van der Waals surface area (Å²) in [6.07, 6.45) is 0.861. The number of ether oxygens (including phenoxy) is 1. The maximum atomic E-state index is 12.0. The molecule has 3 atom stereocenters. The van der Waals surface area contributed by atoms with Crippen LogP contribution in [0.15, 0.2) is 0 Å². The van der Waals surface area contributed by atoms with E-state index in [2.05, 4.69) is 13.8 Å². The molecule has 3 unspecified atom stereocenters. The lowest BCUT2D eigenvalue weighted by atomic mass is 9.53. The molecule has 0 radical (unpaired) electrons. The highest BCUT2D eigenvalue weighted by molar-refractivity contribution is 5.75. The zero-order valence-corrected chi connectivity index (χ0v) is 11.3. The molecule has 0 aromatic heterocycles. The van der Waals surface area contributed by atoms with Gasteiger partial charge in [0.2, 0.25) is 0 Å². The predicted octanol–water partition coefficient (Wildman–Crippen LogP) is 2.34. The molecule has 0 aromatic carbocycles. The summed E-state index contributed by atoms with van der Waals surface area (Å²) >= 11 is 0. The van der Waals surface area contributed by atoms with Crippen LogP contribution in [0, 0.1) is 17.3 Å². The highest BCUT2D eigenvalue weighted by atomic mass is 16.6. The van der Waals surface area contributed by atoms with Crippen molar-refractivity contribution >= 4 is 5.97 Å². The van der Waals surface area contributed by atoms with Gasteiger partial charge in [0.1, 0.15) is 5.60 Å². The van der Waals surface area contributed by atoms with Gasteiger partial charge in [0.25, 0.3) is 0 Å². The maximum absolute atomic E-state index is 12.0. The van der Waals surface area contributed by atoms with E-state index in [1.807, 2.05) is 27.7 Å². The summed E-state index contributed by atoms with van der Waals surface area (Å²) in [5.41, 5.74) is 5.48. The van der Waals surface area contributed by atoms with E-state index in [1.165, 1.54) is 0 Å². The van der Waals surface area contributed by atoms with Crippen LogP contribution in [0.1, 0.15) is 48.0 Å². The average Bonchev–Trinajstić information content (AvgIpc) is 1.97. The van der Waals surface area contributed by atoms with Crippen LogP contribution in [0.4, 0.5) is 0 Å². The zero-order chi connectivity index (χ0) is 12.7. The first-order chi connectivity index (χ1) is 7.05. The third-order valence-corrected chi connectivity index (χ3v) is 3.67. The van der Waals surface area contributed by atoms with Crippen LogP contribution in [0.25, 0.3) is 0 Å². The largest absolute Gasteiger partial charge is 0.460 e. The monoisotopic (exact) mass is 227 g/mol. The quantitative estimate of drug-likeness (QED) is 0.737. The van der Waals surface area contributed by atoms with Crippen molar-refractivity contribution in [3.8, 4) is 0 Å². The molecular formula is C13H25NO2. The molecule has 0 saturated heterocycles. The molecule has 1 saturated carbocycles. The standard InChI is InChI=1S/C13H25NO2/c1-8(14)9-7-10(13(9,5)6)11(15)16-12(2,3)4/h8-10H,7,14H2,1-6H3. The van der Waals surface area contributed by atoms with E-state index in [0.29, 0.717) is 5.92 Å². The third kappa shape index (κ3) is 2.57. The molecule has 0 amide bonds. The van der Waals surface area contributed by atoms with Gasteiger partial charge in [-0.2, -0.15) is 0 Å². The Bertz CT molecular complexity index is 276. The minimum Gasteiger partial charge on any atom is -0.460 e. The second-order valence-corrected chi connectivity index (χ2v) is 6.61. The molecule has 0 heterocycles. The van der Waals surface area contributed by atoms with Crippen LogP contribution < -0.4 is 5.73 Å². The second-order valence-electron chi connectivity index (χ2n) is 6.61. The van der Waals surface area contributed by atoms with Crippen LogP contribution in [0.3, 0.4) is 0 Å². The number of hydrogen-bond acceptors (Lipinski definition) is 3. The molecule has 0 aliphatic heterocycles. The molecule has 1 rings (SSSR count). The van der Waals surface area contributed by atoms with E-state index in [0.717, 1.165) is 6.42 Å². The molecular weight excluding hydrogens is 202 g/mol. The SMILES string of the molecule is CC(N)C1CC(C(=O)OC(C)(C)C)C1(C)C. The predicted molar refractivity (Wildman–Crippen MR) is 64.9 cm³/mol. The van der Waals surface area contributed by atoms with Crippen molar-refractivity contribution in [3.63, 3.8) is 0 Å². The van der Waals surface area contributed by atoms with E-state index >= 15 is 0 Å². The van der Waals surface area contributed by atoms with E-state index in [9.17, 15) is 4.79 Å². The van der Waals surface area contributed by atoms with Crippen molar-refractivity contribution in [1.82, 2.24) is 0 Å². The Morgan fingerprint density at radius 3 is 2.25 bits per heavy atom. The molecule has 16 heavy (non-hydrogen) atoms. The van der Waals surface area contributed by atoms with Gasteiger partial charge in [0, 0.05) is 6.04 Å². The average molecular weight is 227 g/mol. The van der Waals surface area contributed by atoms with Crippen molar-refractivity contribution in [2.75, 3.05) is 0 Å². The van der Waals surface area contributed by atoms with Gasteiger partial charge < -0.3 is 10.5 Å². The van der Waals surface area contributed by atoms with Crippen LogP contribution >= 0.6 is 0 Å². The number of carbonyl (C=O) groups is 1. The van der Waals surface area contributed by atoms with Crippen LogP contribution in [0.2, 0.25) is 0 Å². The first-order valence-electron chi connectivity index (χ1n) is 6.04. The Morgan fingerprint density at radius 2 is 1.94 bits per heavy atom. The van der Waals surface area contributed by atoms with Gasteiger partial charge in [-0.25, -0.2) is 0 Å². The number of nitrogens with two attached hydrogens (primary N) is 1. The fraction of sp³-hybridized carbons (Fsp3) is 0.923. The van der Waals surface area contributed by atoms with E-state index in [4.69, 9.17) is 10.5 Å². The summed E-state index contributed by atoms with van der Waals surface area (Å²) in [5.74, 6) is 0.349. The van der Waals surface area contributed by atoms with Gasteiger partial charge in [0.05, 0.1) is 5.92 Å². The Balaban J connectivity index is 2.63. The lowest BCUT2D eigenvalue weighted by Gasteiger charge is -2.52. The number of rotatable bonds is 2. The van der Waals surface area contributed by atoms with Crippen LogP contribution in [-0.2, 0) is 9.53 Å². The van der Waals surface area contributed by atoms with Gasteiger partial charge in [-0.1, -0.05) is 13.8 Å². The summed E-state index contributed by atoms with van der Waals surface area (Å²) in [5, 5.41) is 0. The van der Waals surface area contributed by atoms with Crippen molar-refractivity contribution in [2.45, 2.75) is 59.6 Å². The number of hydrogen-bond donors (Lipinski definition) is 1. The van der Waals surface area contributed by atoms with E-state index in [-0.39, 0.29) is 23.3 Å². The Kier molecular flexibility index (Phi) is 3.39. The minimum absolute atomic E-state index is 0.00252. The fourth-order valence-electron chi connectivity index (χ4n) is 2.62. The molecule has 1 aliphatic carbocycles. The second kappa shape index (κ2) is 4.02. The summed E-state index contributed by atoms with van der Waals surface area (Å²) in [7, 11) is 0. The summed E-state index contributed by atoms with van der Waals surface area (Å²) < 4.78 is 5.43. The number of carbonyl (C=O) groups excluding carboxylic acids is 1. The molecule has 1 aliphatic rings. The topological polar surface area (TPSA) is 52.3 Å². The van der Waals surface area contributed by atoms with Gasteiger partial charge in [-0.15, -0.1) is 0 Å². The first kappa shape index (κ1) is 13.5. The Morgan fingerprint density at radius 1 is 1.44 bits per heavy atom. The van der Waals surface area contributed by atoms with Gasteiger partial charge >= 0.3 is 5.97 Å². The molecule has 1 fully saturated rings. The summed E-state index contributed by atoms with van der Waals surface area (Å²) in [4.78, 5) is 12.0. The smallest absolute Gasteiger partial charge is 0.310 e. The summed E-state index contributed by atoms with van der Waals surface area (Å²) in [6.45, 7) is 11.9. The van der Waals surface area contributed by atoms with Crippen molar-refractivity contribution in [2.24, 2.45) is 23.0 Å². The normalized spacial score (nSPS) is 30.4. The van der Waals surface area contributed by atoms with Crippen molar-refractivity contribution < 1.29 is 9.53 Å².